The molecule has 2 heterocycles. The Morgan fingerprint density at radius 1 is 1.32 bits per heavy atom. The molecule has 19 heavy (non-hydrogen) atoms. The van der Waals surface area contributed by atoms with Gasteiger partial charge < -0.3 is 10.2 Å². The van der Waals surface area contributed by atoms with Crippen molar-refractivity contribution in [2.24, 2.45) is 0 Å². The van der Waals surface area contributed by atoms with Crippen LogP contribution in [0.2, 0.25) is 5.15 Å². The minimum atomic E-state index is 0.447. The van der Waals surface area contributed by atoms with Crippen LogP contribution < -0.4 is 10.2 Å². The summed E-state index contributed by atoms with van der Waals surface area (Å²) in [5, 5.41) is 3.52. The molecular weight excluding hydrogens is 328 g/mol. The van der Waals surface area contributed by atoms with Crippen LogP contribution in [0.4, 0.5) is 11.5 Å². The molecule has 3 rings (SSSR count). The van der Waals surface area contributed by atoms with E-state index < -0.39 is 0 Å². The van der Waals surface area contributed by atoms with E-state index >= 15 is 0 Å². The third-order valence-electron chi connectivity index (χ3n) is 3.26. The SMILES string of the molecule is CNc1c(Cl)ncnc1N1Cc2cccc(Br)c2C1. The third-order valence-corrected chi connectivity index (χ3v) is 4.29. The Kier molecular flexibility index (Phi) is 3.33. The van der Waals surface area contributed by atoms with Crippen molar-refractivity contribution in [3.63, 3.8) is 0 Å². The lowest BCUT2D eigenvalue weighted by Crippen LogP contribution is -2.18. The maximum atomic E-state index is 6.10. The first kappa shape index (κ1) is 12.7. The quantitative estimate of drug-likeness (QED) is 0.851. The van der Waals surface area contributed by atoms with Crippen molar-refractivity contribution in [2.45, 2.75) is 13.1 Å². The first-order valence-corrected chi connectivity index (χ1v) is 7.07. The lowest BCUT2D eigenvalue weighted by atomic mass is 10.1. The smallest absolute Gasteiger partial charge is 0.157 e. The molecule has 1 N–H and O–H groups in total. The number of benzene rings is 1. The van der Waals surface area contributed by atoms with Crippen LogP contribution in [0.1, 0.15) is 11.1 Å². The standard InChI is InChI=1S/C13H12BrClN4/c1-16-11-12(15)17-7-18-13(11)19-5-8-3-2-4-10(14)9(8)6-19/h2-4,7,16H,5-6H2,1H3. The summed E-state index contributed by atoms with van der Waals surface area (Å²) in [5.74, 6) is 0.839. The van der Waals surface area contributed by atoms with Crippen molar-refractivity contribution < 1.29 is 0 Å². The molecule has 0 amide bonds. The van der Waals surface area contributed by atoms with E-state index in [1.165, 1.54) is 17.5 Å². The Hall–Kier alpha value is -1.33. The number of anilines is 2. The normalized spacial score (nSPS) is 13.5. The lowest BCUT2D eigenvalue weighted by Gasteiger charge is -2.19. The highest BCUT2D eigenvalue weighted by molar-refractivity contribution is 9.10. The summed E-state index contributed by atoms with van der Waals surface area (Å²) in [4.78, 5) is 10.6. The van der Waals surface area contributed by atoms with Gasteiger partial charge in [0, 0.05) is 24.6 Å². The van der Waals surface area contributed by atoms with Gasteiger partial charge in [0.2, 0.25) is 0 Å². The molecule has 0 bridgehead atoms. The minimum absolute atomic E-state index is 0.447. The second-order valence-electron chi connectivity index (χ2n) is 4.35. The molecule has 0 unspecified atom stereocenters. The van der Waals surface area contributed by atoms with Crippen LogP contribution in [0.3, 0.4) is 0 Å². The van der Waals surface area contributed by atoms with Gasteiger partial charge in [0.1, 0.15) is 12.0 Å². The second-order valence-corrected chi connectivity index (χ2v) is 5.56. The average molecular weight is 340 g/mol. The van der Waals surface area contributed by atoms with E-state index in [0.717, 1.165) is 29.1 Å². The van der Waals surface area contributed by atoms with Crippen molar-refractivity contribution in [3.05, 3.63) is 45.3 Å². The van der Waals surface area contributed by atoms with Crippen LogP contribution >= 0.6 is 27.5 Å². The summed E-state index contributed by atoms with van der Waals surface area (Å²) >= 11 is 9.70. The van der Waals surface area contributed by atoms with Crippen LogP contribution in [-0.2, 0) is 13.1 Å². The molecule has 0 aliphatic carbocycles. The molecule has 1 aromatic heterocycles. The molecule has 4 nitrogen and oxygen atoms in total. The predicted molar refractivity (Wildman–Crippen MR) is 80.6 cm³/mol. The maximum Gasteiger partial charge on any atom is 0.157 e. The summed E-state index contributed by atoms with van der Waals surface area (Å²) in [5.41, 5.74) is 3.39. The van der Waals surface area contributed by atoms with Gasteiger partial charge >= 0.3 is 0 Å². The van der Waals surface area contributed by atoms with Gasteiger partial charge in [-0.1, -0.05) is 39.7 Å². The number of hydrogen-bond donors (Lipinski definition) is 1. The van der Waals surface area contributed by atoms with Gasteiger partial charge in [-0.25, -0.2) is 9.97 Å². The number of fused-ring (bicyclic) bond motifs is 1. The second kappa shape index (κ2) is 4.98. The molecule has 0 spiro atoms. The predicted octanol–water partition coefficient (Wildman–Crippen LogP) is 3.45. The fourth-order valence-electron chi connectivity index (χ4n) is 2.34. The Morgan fingerprint density at radius 3 is 2.89 bits per heavy atom. The maximum absolute atomic E-state index is 6.10. The topological polar surface area (TPSA) is 41.1 Å². The number of hydrogen-bond acceptors (Lipinski definition) is 4. The zero-order valence-electron chi connectivity index (χ0n) is 10.3. The molecule has 98 valence electrons. The largest absolute Gasteiger partial charge is 0.383 e. The highest BCUT2D eigenvalue weighted by Gasteiger charge is 2.24. The van der Waals surface area contributed by atoms with Crippen molar-refractivity contribution in [1.82, 2.24) is 9.97 Å². The van der Waals surface area contributed by atoms with Crippen molar-refractivity contribution in [1.29, 1.82) is 0 Å². The first-order chi connectivity index (χ1) is 9.20. The van der Waals surface area contributed by atoms with Gasteiger partial charge in [0.15, 0.2) is 11.0 Å². The molecule has 6 heteroatoms. The van der Waals surface area contributed by atoms with Crippen LogP contribution in [-0.4, -0.2) is 17.0 Å². The lowest BCUT2D eigenvalue weighted by molar-refractivity contribution is 0.851. The molecule has 0 fully saturated rings. The van der Waals surface area contributed by atoms with Crippen LogP contribution in [0.25, 0.3) is 0 Å². The summed E-state index contributed by atoms with van der Waals surface area (Å²) in [6.07, 6.45) is 1.50. The zero-order chi connectivity index (χ0) is 13.4. The van der Waals surface area contributed by atoms with Crippen molar-refractivity contribution in [2.75, 3.05) is 17.3 Å². The highest BCUT2D eigenvalue weighted by Crippen LogP contribution is 2.36. The van der Waals surface area contributed by atoms with E-state index in [1.807, 2.05) is 7.05 Å². The van der Waals surface area contributed by atoms with Gasteiger partial charge in [-0.3, -0.25) is 0 Å². The van der Waals surface area contributed by atoms with Crippen molar-refractivity contribution >= 4 is 39.0 Å². The number of rotatable bonds is 2. The van der Waals surface area contributed by atoms with E-state index in [0.29, 0.717) is 5.15 Å². The summed E-state index contributed by atoms with van der Waals surface area (Å²) < 4.78 is 1.14. The average Bonchev–Trinajstić information content (AvgIpc) is 2.84. The van der Waals surface area contributed by atoms with Crippen LogP contribution in [0.5, 0.6) is 0 Å². The highest BCUT2D eigenvalue weighted by atomic mass is 79.9. The molecule has 1 aliphatic rings. The van der Waals surface area contributed by atoms with Gasteiger partial charge in [-0.05, 0) is 17.2 Å². The molecule has 0 radical (unpaired) electrons. The molecule has 0 atom stereocenters. The Morgan fingerprint density at radius 2 is 2.16 bits per heavy atom. The molecule has 0 saturated heterocycles. The third kappa shape index (κ3) is 2.17. The monoisotopic (exact) mass is 338 g/mol. The van der Waals surface area contributed by atoms with E-state index in [1.54, 1.807) is 0 Å². The van der Waals surface area contributed by atoms with Crippen molar-refractivity contribution in [3.8, 4) is 0 Å². The van der Waals surface area contributed by atoms with Gasteiger partial charge in [-0.2, -0.15) is 0 Å². The fourth-order valence-corrected chi connectivity index (χ4v) is 3.10. The molecule has 0 saturated carbocycles. The fraction of sp³-hybridized carbons (Fsp3) is 0.231. The molecule has 2 aromatic rings. The van der Waals surface area contributed by atoms with Gasteiger partial charge in [0.25, 0.3) is 0 Å². The van der Waals surface area contributed by atoms with Gasteiger partial charge in [-0.15, -0.1) is 0 Å². The number of halogens is 2. The number of aromatic nitrogens is 2. The van der Waals surface area contributed by atoms with Crippen LogP contribution in [0, 0.1) is 0 Å². The summed E-state index contributed by atoms with van der Waals surface area (Å²) in [6, 6.07) is 6.26. The molecule has 1 aliphatic heterocycles. The Labute approximate surface area is 124 Å². The van der Waals surface area contributed by atoms with E-state index in [-0.39, 0.29) is 0 Å². The minimum Gasteiger partial charge on any atom is -0.383 e. The molecule has 1 aromatic carbocycles. The van der Waals surface area contributed by atoms with Gasteiger partial charge in [0.05, 0.1) is 0 Å². The Bertz CT molecular complexity index is 632. The van der Waals surface area contributed by atoms with E-state index in [2.05, 4.69) is 54.3 Å². The summed E-state index contributed by atoms with van der Waals surface area (Å²) in [6.45, 7) is 1.65. The first-order valence-electron chi connectivity index (χ1n) is 5.90. The number of nitrogens with zero attached hydrogens (tertiary/aromatic N) is 3. The Balaban J connectivity index is 1.99. The number of nitrogens with one attached hydrogen (secondary N) is 1. The van der Waals surface area contributed by atoms with Crippen LogP contribution in [0.15, 0.2) is 29.0 Å². The zero-order valence-corrected chi connectivity index (χ0v) is 12.7. The van der Waals surface area contributed by atoms with E-state index in [4.69, 9.17) is 11.6 Å². The molecular formula is C13H12BrClN4. The van der Waals surface area contributed by atoms with E-state index in [9.17, 15) is 0 Å². The summed E-state index contributed by atoms with van der Waals surface area (Å²) in [7, 11) is 1.83.